The summed E-state index contributed by atoms with van der Waals surface area (Å²) in [5, 5.41) is 0. The van der Waals surface area contributed by atoms with E-state index in [-0.39, 0.29) is 11.5 Å². The summed E-state index contributed by atoms with van der Waals surface area (Å²) in [4.78, 5) is 19.7. The molecule has 0 bridgehead atoms. The van der Waals surface area contributed by atoms with Crippen LogP contribution in [0.4, 0.5) is 21.6 Å². The van der Waals surface area contributed by atoms with Crippen molar-refractivity contribution in [1.29, 1.82) is 0 Å². The van der Waals surface area contributed by atoms with Crippen molar-refractivity contribution in [3.8, 4) is 0 Å². The number of aromatic nitrogens is 2. The second-order valence-corrected chi connectivity index (χ2v) is 4.24. The molecule has 0 aliphatic heterocycles. The quantitative estimate of drug-likeness (QED) is 0.756. The summed E-state index contributed by atoms with van der Waals surface area (Å²) in [6, 6.07) is 6.02. The molecule has 1 heterocycles. The summed E-state index contributed by atoms with van der Waals surface area (Å²) >= 11 is 0. The Morgan fingerprint density at radius 3 is 2.90 bits per heavy atom. The van der Waals surface area contributed by atoms with Gasteiger partial charge in [-0.3, -0.25) is 4.79 Å². The number of hydrogen-bond donors (Lipinski definition) is 3. The van der Waals surface area contributed by atoms with Gasteiger partial charge < -0.3 is 21.4 Å². The second kappa shape index (κ2) is 6.16. The van der Waals surface area contributed by atoms with E-state index < -0.39 is 5.56 Å². The fourth-order valence-corrected chi connectivity index (χ4v) is 1.87. The van der Waals surface area contributed by atoms with Gasteiger partial charge in [-0.2, -0.15) is 0 Å². The van der Waals surface area contributed by atoms with Crippen molar-refractivity contribution >= 4 is 17.2 Å². The molecule has 0 atom stereocenters. The maximum Gasteiger partial charge on any atom is 0.276 e. The van der Waals surface area contributed by atoms with Crippen molar-refractivity contribution in [1.82, 2.24) is 9.97 Å². The van der Waals surface area contributed by atoms with Gasteiger partial charge in [-0.05, 0) is 31.2 Å². The predicted octanol–water partition coefficient (Wildman–Crippen LogP) is 0.978. The van der Waals surface area contributed by atoms with Gasteiger partial charge in [0.15, 0.2) is 5.82 Å². The smallest absolute Gasteiger partial charge is 0.276 e. The molecule has 0 unspecified atom stereocenters. The lowest BCUT2D eigenvalue weighted by atomic mass is 10.2. The first-order valence-electron chi connectivity index (χ1n) is 6.20. The number of H-pyrrole nitrogens is 1. The van der Waals surface area contributed by atoms with Crippen LogP contribution >= 0.6 is 0 Å². The Bertz CT molecular complexity index is 643. The number of anilines is 3. The number of nitrogen functional groups attached to an aromatic ring is 1. The number of hydrogen-bond acceptors (Lipinski definition) is 5. The average molecular weight is 277 g/mol. The lowest BCUT2D eigenvalue weighted by molar-refractivity contribution is 0.627. The van der Waals surface area contributed by atoms with Crippen molar-refractivity contribution < 1.29 is 4.39 Å². The summed E-state index contributed by atoms with van der Waals surface area (Å²) in [6.07, 6.45) is 1.92. The summed E-state index contributed by atoms with van der Waals surface area (Å²) in [7, 11) is 0. The summed E-state index contributed by atoms with van der Waals surface area (Å²) < 4.78 is 13.4. The van der Waals surface area contributed by atoms with Gasteiger partial charge in [0.05, 0.1) is 6.33 Å². The molecule has 5 N–H and O–H groups in total. The third-order valence-corrected chi connectivity index (χ3v) is 2.83. The highest BCUT2D eigenvalue weighted by atomic mass is 19.1. The first-order valence-corrected chi connectivity index (χ1v) is 6.20. The molecule has 1 aromatic carbocycles. The van der Waals surface area contributed by atoms with E-state index in [1.165, 1.54) is 18.5 Å². The normalized spacial score (nSPS) is 10.5. The van der Waals surface area contributed by atoms with Gasteiger partial charge in [-0.15, -0.1) is 0 Å². The van der Waals surface area contributed by atoms with Crippen LogP contribution in [-0.2, 0) is 0 Å². The molecule has 0 aliphatic rings. The van der Waals surface area contributed by atoms with E-state index in [2.05, 4.69) is 9.97 Å². The monoisotopic (exact) mass is 277 g/mol. The maximum absolute atomic E-state index is 13.4. The Hall–Kier alpha value is -2.41. The second-order valence-electron chi connectivity index (χ2n) is 4.24. The Morgan fingerprint density at radius 1 is 1.40 bits per heavy atom. The molecule has 0 saturated carbocycles. The molecule has 0 amide bonds. The number of rotatable bonds is 5. The lowest BCUT2D eigenvalue weighted by Gasteiger charge is -2.24. The molecule has 2 aromatic rings. The molecule has 106 valence electrons. The van der Waals surface area contributed by atoms with Crippen LogP contribution in [-0.4, -0.2) is 23.1 Å². The van der Waals surface area contributed by atoms with Crippen molar-refractivity contribution in [3.63, 3.8) is 0 Å². The number of aromatic amines is 1. The van der Waals surface area contributed by atoms with Crippen LogP contribution in [0.3, 0.4) is 0 Å². The minimum atomic E-state index is -0.427. The molecule has 6 nitrogen and oxygen atoms in total. The number of nitrogens with two attached hydrogens (primary N) is 2. The van der Waals surface area contributed by atoms with Gasteiger partial charge in [0.1, 0.15) is 11.5 Å². The molecule has 1 aromatic heterocycles. The summed E-state index contributed by atoms with van der Waals surface area (Å²) in [5.41, 5.74) is 11.4. The number of benzene rings is 1. The van der Waals surface area contributed by atoms with Gasteiger partial charge in [-0.1, -0.05) is 6.07 Å². The molecular formula is C13H16FN5O. The number of nitrogens with zero attached hydrogens (tertiary/aromatic N) is 2. The Balaban J connectivity index is 2.47. The van der Waals surface area contributed by atoms with E-state index in [4.69, 9.17) is 11.5 Å². The van der Waals surface area contributed by atoms with Crippen molar-refractivity contribution in [2.75, 3.05) is 23.7 Å². The summed E-state index contributed by atoms with van der Waals surface area (Å²) in [6.45, 7) is 0.954. The molecule has 0 saturated heterocycles. The first-order chi connectivity index (χ1) is 9.63. The molecule has 0 fully saturated rings. The van der Waals surface area contributed by atoms with Crippen molar-refractivity contribution in [2.45, 2.75) is 6.42 Å². The predicted molar refractivity (Wildman–Crippen MR) is 76.3 cm³/mol. The molecular weight excluding hydrogens is 261 g/mol. The first kappa shape index (κ1) is 14.0. The number of nitrogens with one attached hydrogen (secondary N) is 1. The van der Waals surface area contributed by atoms with Crippen LogP contribution in [0.5, 0.6) is 0 Å². The van der Waals surface area contributed by atoms with Crippen molar-refractivity contribution in [3.05, 3.63) is 46.8 Å². The van der Waals surface area contributed by atoms with Crippen LogP contribution in [0, 0.1) is 5.82 Å². The molecule has 20 heavy (non-hydrogen) atoms. The molecule has 0 aliphatic carbocycles. The lowest BCUT2D eigenvalue weighted by Crippen LogP contribution is -2.26. The number of halogens is 1. The van der Waals surface area contributed by atoms with Gasteiger partial charge in [0.25, 0.3) is 5.56 Å². The van der Waals surface area contributed by atoms with Crippen LogP contribution in [0.15, 0.2) is 35.4 Å². The third kappa shape index (κ3) is 2.94. The molecule has 7 heteroatoms. The van der Waals surface area contributed by atoms with E-state index in [0.29, 0.717) is 31.0 Å². The summed E-state index contributed by atoms with van der Waals surface area (Å²) in [5.74, 6) is -0.0727. The average Bonchev–Trinajstić information content (AvgIpc) is 2.44. The van der Waals surface area contributed by atoms with Crippen molar-refractivity contribution in [2.24, 2.45) is 5.73 Å². The van der Waals surface area contributed by atoms with Crippen LogP contribution in [0.1, 0.15) is 6.42 Å². The van der Waals surface area contributed by atoms with E-state index in [0.717, 1.165) is 0 Å². The highest BCUT2D eigenvalue weighted by Gasteiger charge is 2.15. The fraction of sp³-hybridized carbons (Fsp3) is 0.231. The minimum absolute atomic E-state index is 0.00576. The minimum Gasteiger partial charge on any atom is -0.391 e. The SMILES string of the molecule is NCCCN(c1cccc(F)c1)c1nc[nH]c(=O)c1N. The Labute approximate surface area is 115 Å². The molecule has 0 radical (unpaired) electrons. The van der Waals surface area contributed by atoms with Crippen LogP contribution in [0.25, 0.3) is 0 Å². The van der Waals surface area contributed by atoms with Gasteiger partial charge in [0.2, 0.25) is 0 Å². The van der Waals surface area contributed by atoms with E-state index in [1.807, 2.05) is 0 Å². The van der Waals surface area contributed by atoms with E-state index in [1.54, 1.807) is 17.0 Å². The molecule has 0 spiro atoms. The standard InChI is InChI=1S/C13H16FN5O/c14-9-3-1-4-10(7-9)19(6-2-5-15)12-11(16)13(20)18-8-17-12/h1,3-4,7-8H,2,5-6,15-16H2,(H,17,18,20). The highest BCUT2D eigenvalue weighted by Crippen LogP contribution is 2.26. The largest absolute Gasteiger partial charge is 0.391 e. The van der Waals surface area contributed by atoms with Crippen LogP contribution in [0.2, 0.25) is 0 Å². The Kier molecular flexibility index (Phi) is 4.31. The van der Waals surface area contributed by atoms with Gasteiger partial charge >= 0.3 is 0 Å². The van der Waals surface area contributed by atoms with Crippen LogP contribution < -0.4 is 21.9 Å². The third-order valence-electron chi connectivity index (χ3n) is 2.83. The van der Waals surface area contributed by atoms with Gasteiger partial charge in [-0.25, -0.2) is 9.37 Å². The highest BCUT2D eigenvalue weighted by molar-refractivity contribution is 5.70. The maximum atomic E-state index is 13.4. The zero-order valence-corrected chi connectivity index (χ0v) is 10.8. The zero-order chi connectivity index (χ0) is 14.5. The van der Waals surface area contributed by atoms with E-state index in [9.17, 15) is 9.18 Å². The topological polar surface area (TPSA) is 101 Å². The van der Waals surface area contributed by atoms with Gasteiger partial charge in [0, 0.05) is 12.2 Å². The van der Waals surface area contributed by atoms with E-state index >= 15 is 0 Å². The Morgan fingerprint density at radius 2 is 2.20 bits per heavy atom. The fourth-order valence-electron chi connectivity index (χ4n) is 1.87. The molecule has 2 rings (SSSR count). The zero-order valence-electron chi connectivity index (χ0n) is 10.8.